The van der Waals surface area contributed by atoms with E-state index in [-0.39, 0.29) is 22.0 Å². The quantitative estimate of drug-likeness (QED) is 0.540. The lowest BCUT2D eigenvalue weighted by atomic mass is 10.2. The number of aromatic carboxylic acids is 1. The number of halogens is 1. The van der Waals surface area contributed by atoms with Crippen LogP contribution in [0.1, 0.15) is 23.2 Å². The number of pyridine rings is 1. The number of nitrogens with zero attached hydrogens (tertiary/aromatic N) is 1. The van der Waals surface area contributed by atoms with Crippen molar-refractivity contribution in [1.29, 1.82) is 10.8 Å². The summed E-state index contributed by atoms with van der Waals surface area (Å²) in [6.45, 7) is 0. The Morgan fingerprint density at radius 1 is 1.56 bits per heavy atom. The Bertz CT molecular complexity index is 531. The Hall–Kier alpha value is -1.62. The molecule has 0 bridgehead atoms. The highest BCUT2D eigenvalue weighted by Crippen LogP contribution is 2.30. The summed E-state index contributed by atoms with van der Waals surface area (Å²) in [5.41, 5.74) is -0.245. The SMILES string of the molecule is N=C(C1CC1)n1ccc(C(=O)O)c(Cl)c1=N. The number of nitrogens with one attached hydrogen (secondary N) is 2. The van der Waals surface area contributed by atoms with Gasteiger partial charge in [-0.05, 0) is 18.9 Å². The van der Waals surface area contributed by atoms with Crippen LogP contribution in [0.3, 0.4) is 0 Å². The first-order valence-corrected chi connectivity index (χ1v) is 5.18. The van der Waals surface area contributed by atoms with Gasteiger partial charge >= 0.3 is 5.97 Å². The molecule has 0 aromatic carbocycles. The molecular weight excluding hydrogens is 230 g/mol. The fourth-order valence-electron chi connectivity index (χ4n) is 1.45. The van der Waals surface area contributed by atoms with Gasteiger partial charge < -0.3 is 5.11 Å². The van der Waals surface area contributed by atoms with Gasteiger partial charge in [-0.25, -0.2) is 4.79 Å². The molecule has 5 nitrogen and oxygen atoms in total. The van der Waals surface area contributed by atoms with Crippen molar-refractivity contribution in [3.63, 3.8) is 0 Å². The molecule has 0 radical (unpaired) electrons. The standard InChI is InChI=1S/C10H10ClN3O2/c11-7-6(10(15)16)3-4-14(9(7)13)8(12)5-1-2-5/h3-5,12-13H,1-2H2,(H,15,16). The minimum Gasteiger partial charge on any atom is -0.478 e. The average Bonchev–Trinajstić information content (AvgIpc) is 3.04. The molecule has 0 spiro atoms. The summed E-state index contributed by atoms with van der Waals surface area (Å²) >= 11 is 5.78. The van der Waals surface area contributed by atoms with E-state index in [9.17, 15) is 4.79 Å². The van der Waals surface area contributed by atoms with Crippen molar-refractivity contribution in [2.24, 2.45) is 5.92 Å². The van der Waals surface area contributed by atoms with Crippen molar-refractivity contribution in [3.05, 3.63) is 28.3 Å². The third-order valence-corrected chi connectivity index (χ3v) is 2.91. The van der Waals surface area contributed by atoms with E-state index in [2.05, 4.69) is 0 Å². The van der Waals surface area contributed by atoms with Crippen molar-refractivity contribution < 1.29 is 9.90 Å². The number of rotatable bonds is 2. The third-order valence-electron chi connectivity index (χ3n) is 2.53. The van der Waals surface area contributed by atoms with E-state index < -0.39 is 5.97 Å². The lowest BCUT2D eigenvalue weighted by Crippen LogP contribution is -2.29. The number of hydrogen-bond acceptors (Lipinski definition) is 3. The highest BCUT2D eigenvalue weighted by molar-refractivity contribution is 6.33. The molecule has 1 fully saturated rings. The van der Waals surface area contributed by atoms with E-state index in [1.54, 1.807) is 0 Å². The largest absolute Gasteiger partial charge is 0.478 e. The molecule has 1 saturated carbocycles. The molecule has 0 aliphatic heterocycles. The van der Waals surface area contributed by atoms with E-state index in [1.165, 1.54) is 16.8 Å². The zero-order valence-corrected chi connectivity index (χ0v) is 9.08. The van der Waals surface area contributed by atoms with Crippen LogP contribution >= 0.6 is 11.6 Å². The van der Waals surface area contributed by atoms with Gasteiger partial charge in [0.1, 0.15) is 11.3 Å². The van der Waals surface area contributed by atoms with Crippen molar-refractivity contribution in [2.45, 2.75) is 12.8 Å². The van der Waals surface area contributed by atoms with Crippen LogP contribution in [0, 0.1) is 16.7 Å². The Labute approximate surface area is 96.3 Å². The van der Waals surface area contributed by atoms with Gasteiger partial charge in [-0.15, -0.1) is 0 Å². The van der Waals surface area contributed by atoms with Crippen molar-refractivity contribution in [2.75, 3.05) is 0 Å². The number of carbonyl (C=O) groups is 1. The lowest BCUT2D eigenvalue weighted by molar-refractivity contribution is 0.0696. The fraction of sp³-hybridized carbons (Fsp3) is 0.300. The smallest absolute Gasteiger partial charge is 0.337 e. The highest BCUT2D eigenvalue weighted by atomic mass is 35.5. The summed E-state index contributed by atoms with van der Waals surface area (Å²) in [5, 5.41) is 24.2. The van der Waals surface area contributed by atoms with Gasteiger partial charge in [0.15, 0.2) is 0 Å². The Kier molecular flexibility index (Phi) is 2.55. The maximum Gasteiger partial charge on any atom is 0.337 e. The molecule has 1 aliphatic rings. The van der Waals surface area contributed by atoms with Crippen molar-refractivity contribution in [1.82, 2.24) is 4.57 Å². The molecule has 1 heterocycles. The summed E-state index contributed by atoms with van der Waals surface area (Å²) in [7, 11) is 0. The Morgan fingerprint density at radius 2 is 2.19 bits per heavy atom. The average molecular weight is 240 g/mol. The second-order valence-electron chi connectivity index (χ2n) is 3.73. The van der Waals surface area contributed by atoms with Crippen LogP contribution in [0.2, 0.25) is 5.02 Å². The van der Waals surface area contributed by atoms with Gasteiger partial charge in [-0.3, -0.25) is 15.4 Å². The van der Waals surface area contributed by atoms with Gasteiger partial charge in [0.2, 0.25) is 0 Å². The Balaban J connectivity index is 2.50. The summed E-state index contributed by atoms with van der Waals surface area (Å²) in [4.78, 5) is 10.8. The minimum absolute atomic E-state index is 0.105. The van der Waals surface area contributed by atoms with Crippen LogP contribution in [0.15, 0.2) is 12.3 Å². The number of hydrogen-bond donors (Lipinski definition) is 3. The summed E-state index contributed by atoms with van der Waals surface area (Å²) in [5.74, 6) is -0.673. The van der Waals surface area contributed by atoms with Gasteiger partial charge in [-0.1, -0.05) is 11.6 Å². The Morgan fingerprint density at radius 3 is 2.69 bits per heavy atom. The van der Waals surface area contributed by atoms with E-state index >= 15 is 0 Å². The van der Waals surface area contributed by atoms with E-state index in [1.807, 2.05) is 0 Å². The predicted molar refractivity (Wildman–Crippen MR) is 58.1 cm³/mol. The number of carboxylic acid groups (broad SMARTS) is 1. The highest BCUT2D eigenvalue weighted by Gasteiger charge is 2.28. The second kappa shape index (κ2) is 3.75. The van der Waals surface area contributed by atoms with Crippen molar-refractivity contribution >= 4 is 23.4 Å². The fourth-order valence-corrected chi connectivity index (χ4v) is 1.68. The topological polar surface area (TPSA) is 89.9 Å². The van der Waals surface area contributed by atoms with Gasteiger partial charge in [0, 0.05) is 12.1 Å². The zero-order valence-electron chi connectivity index (χ0n) is 8.33. The summed E-state index contributed by atoms with van der Waals surface area (Å²) < 4.78 is 1.33. The lowest BCUT2D eigenvalue weighted by Gasteiger charge is -2.09. The minimum atomic E-state index is -1.16. The second-order valence-corrected chi connectivity index (χ2v) is 4.10. The maximum absolute atomic E-state index is 10.8. The molecule has 0 amide bonds. The molecule has 0 unspecified atom stereocenters. The van der Waals surface area contributed by atoms with Crippen LogP contribution in [0.5, 0.6) is 0 Å². The van der Waals surface area contributed by atoms with E-state index in [0.29, 0.717) is 5.84 Å². The monoisotopic (exact) mass is 239 g/mol. The van der Waals surface area contributed by atoms with Crippen LogP contribution in [-0.4, -0.2) is 21.5 Å². The zero-order chi connectivity index (χ0) is 11.9. The first-order chi connectivity index (χ1) is 7.52. The normalized spacial score (nSPS) is 14.8. The molecule has 3 N–H and O–H groups in total. The maximum atomic E-state index is 10.8. The third kappa shape index (κ3) is 1.74. The molecule has 1 aliphatic carbocycles. The molecule has 0 saturated heterocycles. The van der Waals surface area contributed by atoms with Crippen LogP contribution < -0.4 is 5.49 Å². The number of carboxylic acids is 1. The van der Waals surface area contributed by atoms with E-state index in [4.69, 9.17) is 27.5 Å². The van der Waals surface area contributed by atoms with Crippen LogP contribution in [-0.2, 0) is 0 Å². The van der Waals surface area contributed by atoms with Gasteiger partial charge in [-0.2, -0.15) is 0 Å². The van der Waals surface area contributed by atoms with Gasteiger partial charge in [0.05, 0.1) is 10.6 Å². The van der Waals surface area contributed by atoms with Crippen molar-refractivity contribution in [3.8, 4) is 0 Å². The van der Waals surface area contributed by atoms with Gasteiger partial charge in [0.25, 0.3) is 0 Å². The predicted octanol–water partition coefficient (Wildman–Crippen LogP) is 1.55. The van der Waals surface area contributed by atoms with Crippen LogP contribution in [0.25, 0.3) is 0 Å². The molecule has 2 rings (SSSR count). The molecule has 0 atom stereocenters. The summed E-state index contributed by atoms with van der Waals surface area (Å²) in [6, 6.07) is 1.32. The number of aromatic nitrogens is 1. The molecule has 6 heteroatoms. The summed E-state index contributed by atoms with van der Waals surface area (Å²) in [6.07, 6.45) is 3.31. The molecule has 1 aromatic heterocycles. The van der Waals surface area contributed by atoms with E-state index in [0.717, 1.165) is 12.8 Å². The molecular formula is C10H10ClN3O2. The first-order valence-electron chi connectivity index (χ1n) is 4.80. The molecule has 16 heavy (non-hydrogen) atoms. The first kappa shape index (κ1) is 10.9. The molecule has 84 valence electrons. The molecule has 1 aromatic rings. The van der Waals surface area contributed by atoms with Crippen LogP contribution in [0.4, 0.5) is 0 Å².